The van der Waals surface area contributed by atoms with E-state index in [0.717, 1.165) is 5.92 Å². The number of hydrazine groups is 1. The zero-order valence-corrected chi connectivity index (χ0v) is 12.4. The van der Waals surface area contributed by atoms with Gasteiger partial charge >= 0.3 is 0 Å². The van der Waals surface area contributed by atoms with Crippen LogP contribution in [0.4, 0.5) is 0 Å². The van der Waals surface area contributed by atoms with Crippen molar-refractivity contribution in [2.45, 2.75) is 44.6 Å². The molecular weight excluding hydrogens is 331 g/mol. The van der Waals surface area contributed by atoms with E-state index in [9.17, 15) is 0 Å². The van der Waals surface area contributed by atoms with Gasteiger partial charge < -0.3 is 0 Å². The van der Waals surface area contributed by atoms with Gasteiger partial charge in [0.1, 0.15) is 0 Å². The summed E-state index contributed by atoms with van der Waals surface area (Å²) in [6.07, 6.45) is 8.17. The van der Waals surface area contributed by atoms with Crippen LogP contribution in [0.2, 0.25) is 0 Å². The molecule has 0 bridgehead atoms. The van der Waals surface area contributed by atoms with E-state index in [2.05, 4.69) is 39.5 Å². The molecule has 2 nitrogen and oxygen atoms in total. The number of halogens is 1. The highest BCUT2D eigenvalue weighted by atomic mass is 127. The Hall–Kier alpha value is 0.350. The van der Waals surface area contributed by atoms with Crippen LogP contribution in [0.25, 0.3) is 0 Å². The average Bonchev–Trinajstić information content (AvgIpc) is 2.55. The van der Waals surface area contributed by atoms with Crippen LogP contribution in [0, 0.1) is 8.80 Å². The van der Waals surface area contributed by atoms with Gasteiger partial charge in [-0.05, 0) is 58.4 Å². The van der Waals surface area contributed by atoms with Crippen LogP contribution in [0.15, 0.2) is 11.4 Å². The quantitative estimate of drug-likeness (QED) is 0.376. The van der Waals surface area contributed by atoms with Crippen molar-refractivity contribution in [3.63, 3.8) is 0 Å². The van der Waals surface area contributed by atoms with Gasteiger partial charge in [0.05, 0.1) is 2.88 Å². The highest BCUT2D eigenvalue weighted by molar-refractivity contribution is 14.1. The molecule has 4 heteroatoms. The molecule has 1 heterocycles. The molecule has 0 aromatic carbocycles. The van der Waals surface area contributed by atoms with Crippen molar-refractivity contribution in [2.24, 2.45) is 11.8 Å². The van der Waals surface area contributed by atoms with Gasteiger partial charge in [0.25, 0.3) is 0 Å². The van der Waals surface area contributed by atoms with E-state index in [4.69, 9.17) is 5.84 Å². The largest absolute Gasteiger partial charge is 0.271 e. The molecule has 1 aliphatic carbocycles. The first-order valence-corrected chi connectivity index (χ1v) is 7.97. The molecule has 0 spiro atoms. The summed E-state index contributed by atoms with van der Waals surface area (Å²) in [4.78, 5) is 0. The van der Waals surface area contributed by atoms with Crippen molar-refractivity contribution in [1.82, 2.24) is 5.43 Å². The predicted octanol–water partition coefficient (Wildman–Crippen LogP) is 3.83. The van der Waals surface area contributed by atoms with Gasteiger partial charge in [-0.15, -0.1) is 11.3 Å². The number of hydrogen-bond donors (Lipinski definition) is 2. The smallest absolute Gasteiger partial charge is 0.0656 e. The van der Waals surface area contributed by atoms with E-state index in [0.29, 0.717) is 6.04 Å². The van der Waals surface area contributed by atoms with Gasteiger partial charge in [0.2, 0.25) is 0 Å². The van der Waals surface area contributed by atoms with Crippen molar-refractivity contribution < 1.29 is 0 Å². The Bertz CT molecular complexity index is 319. The lowest BCUT2D eigenvalue weighted by Crippen LogP contribution is -2.33. The molecule has 1 unspecified atom stereocenters. The summed E-state index contributed by atoms with van der Waals surface area (Å²) in [5.41, 5.74) is 4.41. The minimum Gasteiger partial charge on any atom is -0.271 e. The number of nitrogens with one attached hydrogen (secondary N) is 1. The lowest BCUT2D eigenvalue weighted by molar-refractivity contribution is 0.329. The van der Waals surface area contributed by atoms with Crippen molar-refractivity contribution in [3.8, 4) is 0 Å². The maximum absolute atomic E-state index is 5.75. The molecule has 0 saturated heterocycles. The third-order valence-corrected chi connectivity index (χ3v) is 5.30. The summed E-state index contributed by atoms with van der Waals surface area (Å²) < 4.78 is 1.35. The molecule has 0 aliphatic heterocycles. The molecule has 0 radical (unpaired) electrons. The van der Waals surface area contributed by atoms with Crippen LogP contribution in [0.3, 0.4) is 0 Å². The minimum absolute atomic E-state index is 0.359. The molecule has 1 atom stereocenters. The van der Waals surface area contributed by atoms with Crippen molar-refractivity contribution in [1.29, 1.82) is 0 Å². The van der Waals surface area contributed by atoms with Crippen LogP contribution >= 0.6 is 33.9 Å². The van der Waals surface area contributed by atoms with E-state index in [1.54, 1.807) is 0 Å². The second kappa shape index (κ2) is 6.33. The molecule has 16 heavy (non-hydrogen) atoms. The fraction of sp³-hybridized carbons (Fsp3) is 0.667. The Balaban J connectivity index is 2.08. The number of nitrogens with two attached hydrogens (primary N) is 1. The second-order valence-electron chi connectivity index (χ2n) is 4.58. The normalized spacial score (nSPS) is 20.6. The van der Waals surface area contributed by atoms with Gasteiger partial charge in [-0.2, -0.15) is 0 Å². The fourth-order valence-electron chi connectivity index (χ4n) is 2.64. The van der Waals surface area contributed by atoms with Crippen molar-refractivity contribution in [3.05, 3.63) is 19.9 Å². The Kier molecular flexibility index (Phi) is 5.06. The molecule has 1 aromatic heterocycles. The first-order valence-electron chi connectivity index (χ1n) is 6.01. The molecule has 90 valence electrons. The van der Waals surface area contributed by atoms with Crippen LogP contribution in [0.1, 0.15) is 50.1 Å². The topological polar surface area (TPSA) is 38.0 Å². The third kappa shape index (κ3) is 3.18. The summed E-state index contributed by atoms with van der Waals surface area (Å²) in [6, 6.07) is 2.62. The average molecular weight is 350 g/mol. The summed E-state index contributed by atoms with van der Waals surface area (Å²) in [7, 11) is 0. The lowest BCUT2D eigenvalue weighted by Gasteiger charge is -2.24. The van der Waals surface area contributed by atoms with Gasteiger partial charge in [0.15, 0.2) is 0 Å². The van der Waals surface area contributed by atoms with Gasteiger partial charge in [-0.3, -0.25) is 11.3 Å². The van der Waals surface area contributed by atoms with Gasteiger partial charge in [0, 0.05) is 6.04 Å². The molecule has 1 saturated carbocycles. The molecule has 1 aromatic rings. The Morgan fingerprint density at radius 2 is 2.00 bits per heavy atom. The van der Waals surface area contributed by atoms with Crippen molar-refractivity contribution in [2.75, 3.05) is 0 Å². The molecule has 1 fully saturated rings. The molecule has 0 amide bonds. The Labute approximate surface area is 115 Å². The third-order valence-electron chi connectivity index (χ3n) is 3.50. The maximum atomic E-state index is 5.75. The highest BCUT2D eigenvalue weighted by Gasteiger charge is 2.23. The number of thiophene rings is 1. The Morgan fingerprint density at radius 3 is 2.50 bits per heavy atom. The van der Waals surface area contributed by atoms with Crippen LogP contribution in [-0.4, -0.2) is 0 Å². The first-order chi connectivity index (χ1) is 7.81. The molecular formula is C12H19IN2S. The SMILES string of the molecule is NNC(c1csc(I)c1)C1CCCCCC1. The lowest BCUT2D eigenvalue weighted by atomic mass is 9.89. The van der Waals surface area contributed by atoms with Gasteiger partial charge in [-0.25, -0.2) is 0 Å². The summed E-state index contributed by atoms with van der Waals surface area (Å²) in [5, 5.41) is 2.25. The first kappa shape index (κ1) is 12.8. The minimum atomic E-state index is 0.359. The van der Waals surface area contributed by atoms with Crippen LogP contribution in [-0.2, 0) is 0 Å². The van der Waals surface area contributed by atoms with E-state index in [1.807, 2.05) is 11.3 Å². The zero-order valence-electron chi connectivity index (χ0n) is 9.42. The van der Waals surface area contributed by atoms with Crippen molar-refractivity contribution >= 4 is 33.9 Å². The Morgan fingerprint density at radius 1 is 1.31 bits per heavy atom. The summed E-state index contributed by atoms with van der Waals surface area (Å²) >= 11 is 4.19. The number of hydrogen-bond acceptors (Lipinski definition) is 3. The fourth-order valence-corrected chi connectivity index (χ4v) is 4.04. The van der Waals surface area contributed by atoms with Crippen LogP contribution in [0.5, 0.6) is 0 Å². The highest BCUT2D eigenvalue weighted by Crippen LogP contribution is 2.34. The predicted molar refractivity (Wildman–Crippen MR) is 78.3 cm³/mol. The maximum Gasteiger partial charge on any atom is 0.0656 e. The van der Waals surface area contributed by atoms with E-state index >= 15 is 0 Å². The summed E-state index contributed by atoms with van der Waals surface area (Å²) in [5.74, 6) is 6.47. The second-order valence-corrected chi connectivity index (χ2v) is 7.39. The molecule has 2 rings (SSSR count). The summed E-state index contributed by atoms with van der Waals surface area (Å²) in [6.45, 7) is 0. The molecule has 1 aliphatic rings. The van der Waals surface area contributed by atoms with E-state index in [-0.39, 0.29) is 0 Å². The van der Waals surface area contributed by atoms with Crippen LogP contribution < -0.4 is 11.3 Å². The van der Waals surface area contributed by atoms with E-state index < -0.39 is 0 Å². The molecule has 3 N–H and O–H groups in total. The van der Waals surface area contributed by atoms with Gasteiger partial charge in [-0.1, -0.05) is 25.7 Å². The zero-order chi connectivity index (χ0) is 11.4. The number of rotatable bonds is 3. The standard InChI is InChI=1S/C12H19IN2S/c13-11-7-10(8-16-11)12(15-14)9-5-3-1-2-4-6-9/h7-9,12,15H,1-6,14H2. The van der Waals surface area contributed by atoms with E-state index in [1.165, 1.54) is 47.0 Å². The monoisotopic (exact) mass is 350 g/mol.